The highest BCUT2D eigenvalue weighted by molar-refractivity contribution is 5.92. The summed E-state index contributed by atoms with van der Waals surface area (Å²) < 4.78 is 5.25. The largest absolute Gasteiger partial charge is 0.381 e. The molecule has 0 saturated carbocycles. The SMILES string of the molecule is CC(N)c1ccc(NC(=O)C2CCOCC2)cc1. The Balaban J connectivity index is 1.94. The van der Waals surface area contributed by atoms with Gasteiger partial charge in [-0.3, -0.25) is 4.79 Å². The number of nitrogens with two attached hydrogens (primary N) is 1. The fraction of sp³-hybridized carbons (Fsp3) is 0.500. The second-order valence-corrected chi connectivity index (χ2v) is 4.79. The molecule has 1 unspecified atom stereocenters. The zero-order chi connectivity index (χ0) is 13.0. The van der Waals surface area contributed by atoms with Crippen LogP contribution in [0.1, 0.15) is 31.4 Å². The molecule has 4 heteroatoms. The van der Waals surface area contributed by atoms with Crippen molar-refractivity contribution in [2.24, 2.45) is 11.7 Å². The van der Waals surface area contributed by atoms with E-state index in [9.17, 15) is 4.79 Å². The van der Waals surface area contributed by atoms with E-state index in [4.69, 9.17) is 10.5 Å². The molecule has 0 bridgehead atoms. The minimum atomic E-state index is 0.0187. The molecule has 98 valence electrons. The van der Waals surface area contributed by atoms with Gasteiger partial charge in [-0.1, -0.05) is 12.1 Å². The van der Waals surface area contributed by atoms with E-state index in [1.54, 1.807) is 0 Å². The Morgan fingerprint density at radius 1 is 1.33 bits per heavy atom. The molecule has 0 radical (unpaired) electrons. The van der Waals surface area contributed by atoms with Crippen LogP contribution in [0.5, 0.6) is 0 Å². The van der Waals surface area contributed by atoms with E-state index in [1.807, 2.05) is 31.2 Å². The van der Waals surface area contributed by atoms with Crippen LogP contribution in [0.3, 0.4) is 0 Å². The van der Waals surface area contributed by atoms with Gasteiger partial charge in [0.15, 0.2) is 0 Å². The first kappa shape index (κ1) is 13.1. The minimum Gasteiger partial charge on any atom is -0.381 e. The van der Waals surface area contributed by atoms with Gasteiger partial charge in [0.25, 0.3) is 0 Å². The highest BCUT2D eigenvalue weighted by atomic mass is 16.5. The Bertz CT molecular complexity index is 395. The molecule has 2 rings (SSSR count). The van der Waals surface area contributed by atoms with Gasteiger partial charge in [-0.15, -0.1) is 0 Å². The third kappa shape index (κ3) is 3.31. The van der Waals surface area contributed by atoms with Crippen LogP contribution in [0.2, 0.25) is 0 Å². The van der Waals surface area contributed by atoms with Crippen LogP contribution in [-0.4, -0.2) is 19.1 Å². The average molecular weight is 248 g/mol. The number of benzene rings is 1. The molecule has 1 saturated heterocycles. The third-order valence-electron chi connectivity index (χ3n) is 3.30. The fourth-order valence-corrected chi connectivity index (χ4v) is 2.07. The molecular weight excluding hydrogens is 228 g/mol. The molecule has 1 aromatic carbocycles. The predicted molar refractivity (Wildman–Crippen MR) is 71.2 cm³/mol. The normalized spacial score (nSPS) is 18.3. The smallest absolute Gasteiger partial charge is 0.227 e. The zero-order valence-electron chi connectivity index (χ0n) is 10.7. The van der Waals surface area contributed by atoms with Gasteiger partial charge >= 0.3 is 0 Å². The molecule has 0 aliphatic carbocycles. The first-order chi connectivity index (χ1) is 8.66. The lowest BCUT2D eigenvalue weighted by Crippen LogP contribution is -2.28. The quantitative estimate of drug-likeness (QED) is 0.860. The summed E-state index contributed by atoms with van der Waals surface area (Å²) in [6.45, 7) is 3.30. The molecule has 4 nitrogen and oxygen atoms in total. The van der Waals surface area contributed by atoms with Crippen molar-refractivity contribution in [3.05, 3.63) is 29.8 Å². The number of carbonyl (C=O) groups is 1. The van der Waals surface area contributed by atoms with Gasteiger partial charge in [-0.2, -0.15) is 0 Å². The van der Waals surface area contributed by atoms with E-state index in [0.29, 0.717) is 13.2 Å². The van der Waals surface area contributed by atoms with Gasteiger partial charge in [0.05, 0.1) is 0 Å². The number of anilines is 1. The van der Waals surface area contributed by atoms with Gasteiger partial charge in [0.1, 0.15) is 0 Å². The molecule has 1 aliphatic rings. The Labute approximate surface area is 108 Å². The standard InChI is InChI=1S/C14H20N2O2/c1-10(15)11-2-4-13(5-3-11)16-14(17)12-6-8-18-9-7-12/h2-5,10,12H,6-9,15H2,1H3,(H,16,17). The van der Waals surface area contributed by atoms with Crippen LogP contribution in [0.25, 0.3) is 0 Å². The predicted octanol–water partition coefficient (Wildman–Crippen LogP) is 2.07. The Morgan fingerprint density at radius 3 is 2.50 bits per heavy atom. The number of hydrogen-bond acceptors (Lipinski definition) is 3. The van der Waals surface area contributed by atoms with E-state index in [-0.39, 0.29) is 17.9 Å². The summed E-state index contributed by atoms with van der Waals surface area (Å²) in [5, 5.41) is 2.94. The van der Waals surface area contributed by atoms with Crippen molar-refractivity contribution in [2.75, 3.05) is 18.5 Å². The second kappa shape index (κ2) is 5.98. The van der Waals surface area contributed by atoms with Crippen molar-refractivity contribution in [3.8, 4) is 0 Å². The van der Waals surface area contributed by atoms with Gasteiger partial charge < -0.3 is 15.8 Å². The minimum absolute atomic E-state index is 0.0187. The monoisotopic (exact) mass is 248 g/mol. The summed E-state index contributed by atoms with van der Waals surface area (Å²) >= 11 is 0. The maximum absolute atomic E-state index is 12.0. The van der Waals surface area contributed by atoms with Gasteiger partial charge in [0.2, 0.25) is 5.91 Å². The number of ether oxygens (including phenoxy) is 1. The van der Waals surface area contributed by atoms with Crippen LogP contribution in [0.4, 0.5) is 5.69 Å². The van der Waals surface area contributed by atoms with E-state index < -0.39 is 0 Å². The molecule has 1 aromatic rings. The van der Waals surface area contributed by atoms with Gasteiger partial charge in [-0.05, 0) is 37.5 Å². The van der Waals surface area contributed by atoms with Crippen LogP contribution < -0.4 is 11.1 Å². The molecule has 0 spiro atoms. The second-order valence-electron chi connectivity index (χ2n) is 4.79. The molecule has 1 amide bonds. The number of rotatable bonds is 3. The molecular formula is C14H20N2O2. The molecule has 18 heavy (non-hydrogen) atoms. The highest BCUT2D eigenvalue weighted by Crippen LogP contribution is 2.19. The van der Waals surface area contributed by atoms with Crippen molar-refractivity contribution < 1.29 is 9.53 Å². The van der Waals surface area contributed by atoms with E-state index >= 15 is 0 Å². The summed E-state index contributed by atoms with van der Waals surface area (Å²) in [4.78, 5) is 12.0. The van der Waals surface area contributed by atoms with Crippen LogP contribution in [0, 0.1) is 5.92 Å². The van der Waals surface area contributed by atoms with Crippen molar-refractivity contribution >= 4 is 11.6 Å². The Morgan fingerprint density at radius 2 is 1.94 bits per heavy atom. The van der Waals surface area contributed by atoms with Crippen molar-refractivity contribution in [3.63, 3.8) is 0 Å². The summed E-state index contributed by atoms with van der Waals surface area (Å²) in [6, 6.07) is 7.71. The molecule has 3 N–H and O–H groups in total. The lowest BCUT2D eigenvalue weighted by Gasteiger charge is -2.21. The lowest BCUT2D eigenvalue weighted by atomic mass is 9.99. The van der Waals surface area contributed by atoms with Crippen molar-refractivity contribution in [1.29, 1.82) is 0 Å². The molecule has 0 aromatic heterocycles. The van der Waals surface area contributed by atoms with Crippen LogP contribution >= 0.6 is 0 Å². The summed E-state index contributed by atoms with van der Waals surface area (Å²) in [6.07, 6.45) is 1.62. The lowest BCUT2D eigenvalue weighted by molar-refractivity contribution is -0.122. The van der Waals surface area contributed by atoms with Crippen LogP contribution in [0.15, 0.2) is 24.3 Å². The zero-order valence-corrected chi connectivity index (χ0v) is 10.7. The molecule has 1 atom stereocenters. The fourth-order valence-electron chi connectivity index (χ4n) is 2.07. The number of nitrogens with one attached hydrogen (secondary N) is 1. The number of carbonyl (C=O) groups excluding carboxylic acids is 1. The number of hydrogen-bond donors (Lipinski definition) is 2. The summed E-state index contributed by atoms with van der Waals surface area (Å²) in [7, 11) is 0. The maximum atomic E-state index is 12.0. The van der Waals surface area contributed by atoms with Crippen LogP contribution in [-0.2, 0) is 9.53 Å². The Hall–Kier alpha value is -1.39. The summed E-state index contributed by atoms with van der Waals surface area (Å²) in [5.41, 5.74) is 7.68. The molecule has 1 aliphatic heterocycles. The maximum Gasteiger partial charge on any atom is 0.227 e. The first-order valence-corrected chi connectivity index (χ1v) is 6.41. The van der Waals surface area contributed by atoms with Crippen molar-refractivity contribution in [2.45, 2.75) is 25.8 Å². The van der Waals surface area contributed by atoms with E-state index in [2.05, 4.69) is 5.32 Å². The molecule has 1 fully saturated rings. The average Bonchev–Trinajstić information content (AvgIpc) is 2.40. The molecule has 1 heterocycles. The first-order valence-electron chi connectivity index (χ1n) is 6.41. The van der Waals surface area contributed by atoms with Gasteiger partial charge in [-0.25, -0.2) is 0 Å². The Kier molecular flexibility index (Phi) is 4.33. The highest BCUT2D eigenvalue weighted by Gasteiger charge is 2.21. The summed E-state index contributed by atoms with van der Waals surface area (Å²) in [5.74, 6) is 0.165. The number of amides is 1. The van der Waals surface area contributed by atoms with E-state index in [0.717, 1.165) is 24.1 Å². The van der Waals surface area contributed by atoms with Crippen molar-refractivity contribution in [1.82, 2.24) is 0 Å². The third-order valence-corrected chi connectivity index (χ3v) is 3.30. The van der Waals surface area contributed by atoms with Gasteiger partial charge in [0, 0.05) is 30.9 Å². The topological polar surface area (TPSA) is 64.3 Å². The van der Waals surface area contributed by atoms with E-state index in [1.165, 1.54) is 0 Å².